The minimum atomic E-state index is -4.69. The third-order valence-corrected chi connectivity index (χ3v) is 8.87. The summed E-state index contributed by atoms with van der Waals surface area (Å²) >= 11 is 1.19. The smallest absolute Gasteiger partial charge is 0.424 e. The molecule has 2 aromatic heterocycles. The first-order valence-corrected chi connectivity index (χ1v) is 16.8. The van der Waals surface area contributed by atoms with Gasteiger partial charge in [-0.2, -0.15) is 10.4 Å². The lowest BCUT2D eigenvalue weighted by atomic mass is 9.81. The molecule has 2 atom stereocenters. The van der Waals surface area contributed by atoms with E-state index in [1.807, 2.05) is 6.07 Å². The largest absolute Gasteiger partial charge is 0.512 e. The maximum absolute atomic E-state index is 15.6. The van der Waals surface area contributed by atoms with Crippen LogP contribution in [0.3, 0.4) is 0 Å². The standard InChI is InChI=1S/C32H26F2N5O9PS/c1-20(29-38-28(15-50-29)23-6-2-21(13-35)3-7-23)32(16-39-18-36-17-37-39,26-11-10-25(33)12-27(26)34)48-31(41)46-19-45-30(40)24-8-4-22(5-9-24)14-47-49(42,43)44/h2-12,15,17-18,20H,14,16,19H2,1H3,(H2,42,43,44)/t20-,32?/m0/s1. The summed E-state index contributed by atoms with van der Waals surface area (Å²) in [5.74, 6) is -3.74. The van der Waals surface area contributed by atoms with Gasteiger partial charge in [-0.3, -0.25) is 4.52 Å². The second kappa shape index (κ2) is 15.5. The Bertz CT molecular complexity index is 2050. The van der Waals surface area contributed by atoms with Gasteiger partial charge in [0.05, 0.1) is 42.0 Å². The zero-order valence-electron chi connectivity index (χ0n) is 25.9. The van der Waals surface area contributed by atoms with Gasteiger partial charge >= 0.3 is 19.9 Å². The number of carbonyl (C=O) groups is 2. The Morgan fingerprint density at radius 2 is 1.82 bits per heavy atom. The molecule has 258 valence electrons. The van der Waals surface area contributed by atoms with Crippen LogP contribution in [0.2, 0.25) is 0 Å². The first kappa shape index (κ1) is 35.9. The highest BCUT2D eigenvalue weighted by molar-refractivity contribution is 7.46. The monoisotopic (exact) mass is 725 g/mol. The summed E-state index contributed by atoms with van der Waals surface area (Å²) in [4.78, 5) is 52.2. The molecule has 2 heterocycles. The lowest BCUT2D eigenvalue weighted by Gasteiger charge is -2.37. The molecule has 2 N–H and O–H groups in total. The summed E-state index contributed by atoms with van der Waals surface area (Å²) < 4.78 is 62.4. The number of benzene rings is 3. The Labute approximate surface area is 286 Å². The van der Waals surface area contributed by atoms with Gasteiger partial charge in [-0.25, -0.2) is 37.6 Å². The van der Waals surface area contributed by atoms with Gasteiger partial charge in [-0.15, -0.1) is 11.3 Å². The normalized spacial score (nSPS) is 13.1. The van der Waals surface area contributed by atoms with Crippen molar-refractivity contribution < 1.29 is 51.5 Å². The third-order valence-electron chi connectivity index (χ3n) is 7.37. The fourth-order valence-corrected chi connectivity index (χ4v) is 6.13. The van der Waals surface area contributed by atoms with E-state index in [1.54, 1.807) is 36.6 Å². The zero-order valence-corrected chi connectivity index (χ0v) is 27.6. The van der Waals surface area contributed by atoms with Crippen LogP contribution in [0.5, 0.6) is 0 Å². The molecule has 0 bridgehead atoms. The number of esters is 1. The Balaban J connectivity index is 1.39. The van der Waals surface area contributed by atoms with Crippen molar-refractivity contribution in [3.05, 3.63) is 124 Å². The van der Waals surface area contributed by atoms with E-state index in [0.717, 1.165) is 12.1 Å². The van der Waals surface area contributed by atoms with Crippen LogP contribution in [-0.4, -0.2) is 48.5 Å². The van der Waals surface area contributed by atoms with Gasteiger partial charge in [0.15, 0.2) is 5.60 Å². The maximum atomic E-state index is 15.6. The van der Waals surface area contributed by atoms with E-state index in [-0.39, 0.29) is 17.7 Å². The number of halogens is 2. The topological polar surface area (TPSA) is 196 Å². The highest BCUT2D eigenvalue weighted by Crippen LogP contribution is 2.45. The first-order chi connectivity index (χ1) is 23.9. The van der Waals surface area contributed by atoms with Crippen LogP contribution in [0.15, 0.2) is 84.8 Å². The van der Waals surface area contributed by atoms with Crippen molar-refractivity contribution in [3.63, 3.8) is 0 Å². The SMILES string of the molecule is C[C@@H](c1nc(-c2ccc(C#N)cc2)cs1)C(Cn1cncn1)(OC(=O)OCOC(=O)c1ccc(COP(=O)(O)O)cc1)c1ccc(F)cc1F. The van der Waals surface area contributed by atoms with Crippen molar-refractivity contribution in [2.45, 2.75) is 31.6 Å². The number of rotatable bonds is 13. The quantitative estimate of drug-likeness (QED) is 0.0837. The van der Waals surface area contributed by atoms with Gasteiger partial charge in [0, 0.05) is 22.6 Å². The van der Waals surface area contributed by atoms with Crippen molar-refractivity contribution in [2.24, 2.45) is 0 Å². The highest BCUT2D eigenvalue weighted by Gasteiger charge is 2.47. The predicted molar refractivity (Wildman–Crippen MR) is 170 cm³/mol. The molecule has 0 aliphatic carbocycles. The van der Waals surface area contributed by atoms with Crippen molar-refractivity contribution >= 4 is 31.3 Å². The molecular formula is C32H26F2N5O9PS. The molecule has 0 spiro atoms. The Morgan fingerprint density at radius 1 is 1.08 bits per heavy atom. The minimum Gasteiger partial charge on any atom is -0.424 e. The number of hydrogen-bond donors (Lipinski definition) is 2. The van der Waals surface area contributed by atoms with E-state index in [1.165, 1.54) is 52.9 Å². The summed E-state index contributed by atoms with van der Waals surface area (Å²) in [5.41, 5.74) is -0.137. The minimum absolute atomic E-state index is 0.0197. The van der Waals surface area contributed by atoms with Gasteiger partial charge in [0.25, 0.3) is 0 Å². The molecule has 5 rings (SSSR count). The number of aromatic nitrogens is 4. The second-order valence-corrected chi connectivity index (χ2v) is 12.7. The number of carbonyl (C=O) groups excluding carboxylic acids is 2. The number of phosphoric acid groups is 1. The van der Waals surface area contributed by atoms with Crippen LogP contribution >= 0.6 is 19.2 Å². The molecule has 0 aliphatic rings. The fraction of sp³-hybridized carbons (Fsp3) is 0.188. The first-order valence-electron chi connectivity index (χ1n) is 14.4. The zero-order chi connectivity index (χ0) is 35.9. The van der Waals surface area contributed by atoms with E-state index >= 15 is 4.39 Å². The lowest BCUT2D eigenvalue weighted by Crippen LogP contribution is -2.43. The molecule has 0 amide bonds. The van der Waals surface area contributed by atoms with E-state index in [4.69, 9.17) is 34.2 Å². The predicted octanol–water partition coefficient (Wildman–Crippen LogP) is 5.83. The molecule has 0 saturated heterocycles. The Kier molecular flexibility index (Phi) is 11.1. The van der Waals surface area contributed by atoms with Crippen molar-refractivity contribution in [3.8, 4) is 17.3 Å². The molecule has 18 heteroatoms. The maximum Gasteiger partial charge on any atom is 0.512 e. The summed E-state index contributed by atoms with van der Waals surface area (Å²) in [5, 5.41) is 15.4. The van der Waals surface area contributed by atoms with Crippen LogP contribution in [0.1, 0.15) is 44.9 Å². The third kappa shape index (κ3) is 8.80. The molecule has 1 unspecified atom stereocenters. The summed E-state index contributed by atoms with van der Waals surface area (Å²) in [6, 6.07) is 16.9. The molecule has 3 aromatic carbocycles. The van der Waals surface area contributed by atoms with Crippen molar-refractivity contribution in [1.82, 2.24) is 19.7 Å². The number of hydrogen-bond acceptors (Lipinski definition) is 12. The van der Waals surface area contributed by atoms with Crippen LogP contribution in [0.4, 0.5) is 13.6 Å². The highest BCUT2D eigenvalue weighted by atomic mass is 32.1. The fourth-order valence-electron chi connectivity index (χ4n) is 4.84. The van der Waals surface area contributed by atoms with E-state index in [2.05, 4.69) is 14.6 Å². The number of ether oxygens (including phenoxy) is 3. The number of thiazole rings is 1. The van der Waals surface area contributed by atoms with E-state index in [0.29, 0.717) is 33.5 Å². The number of nitrogens with zero attached hydrogens (tertiary/aromatic N) is 5. The van der Waals surface area contributed by atoms with Crippen LogP contribution < -0.4 is 0 Å². The average molecular weight is 726 g/mol. The van der Waals surface area contributed by atoms with Crippen LogP contribution in [-0.2, 0) is 42.1 Å². The second-order valence-electron chi connectivity index (χ2n) is 10.6. The van der Waals surface area contributed by atoms with Gasteiger partial charge in [-0.05, 0) is 42.0 Å². The molecule has 0 saturated carbocycles. The molecule has 14 nitrogen and oxygen atoms in total. The average Bonchev–Trinajstić information content (AvgIpc) is 3.80. The summed E-state index contributed by atoms with van der Waals surface area (Å²) in [6.45, 7) is -0.0191. The number of nitriles is 1. The lowest BCUT2D eigenvalue weighted by molar-refractivity contribution is -0.0882. The van der Waals surface area contributed by atoms with E-state index in [9.17, 15) is 18.5 Å². The summed E-state index contributed by atoms with van der Waals surface area (Å²) in [7, 11) is -4.69. The summed E-state index contributed by atoms with van der Waals surface area (Å²) in [6.07, 6.45) is 1.16. The molecular weight excluding hydrogens is 699 g/mol. The van der Waals surface area contributed by atoms with Crippen molar-refractivity contribution in [2.75, 3.05) is 6.79 Å². The molecule has 0 aliphatic heterocycles. The van der Waals surface area contributed by atoms with Gasteiger partial charge in [-0.1, -0.05) is 31.2 Å². The van der Waals surface area contributed by atoms with Crippen LogP contribution in [0.25, 0.3) is 11.3 Å². The Hall–Kier alpha value is -5.37. The van der Waals surface area contributed by atoms with Crippen molar-refractivity contribution in [1.29, 1.82) is 5.26 Å². The van der Waals surface area contributed by atoms with E-state index < -0.39 is 56.5 Å². The Morgan fingerprint density at radius 3 is 2.46 bits per heavy atom. The van der Waals surface area contributed by atoms with Gasteiger partial charge < -0.3 is 24.0 Å². The van der Waals surface area contributed by atoms with Crippen LogP contribution in [0, 0.1) is 23.0 Å². The van der Waals surface area contributed by atoms with Gasteiger partial charge in [0.1, 0.15) is 29.3 Å². The molecule has 50 heavy (non-hydrogen) atoms. The molecule has 0 radical (unpaired) electrons. The molecule has 0 fully saturated rings. The molecule has 5 aromatic rings. The van der Waals surface area contributed by atoms with Gasteiger partial charge in [0.2, 0.25) is 6.79 Å². The number of phosphoric ester groups is 1.